The largest absolute Gasteiger partial charge is 0.449 e. The molecule has 2 rings (SSSR count). The summed E-state index contributed by atoms with van der Waals surface area (Å²) in [6.07, 6.45) is -0.991. The Morgan fingerprint density at radius 2 is 1.50 bits per heavy atom. The van der Waals surface area contributed by atoms with Crippen LogP contribution in [0.5, 0.6) is 0 Å². The molecule has 2 aromatic rings. The Hall–Kier alpha value is -3.19. The number of benzene rings is 2. The van der Waals surface area contributed by atoms with Crippen molar-refractivity contribution >= 4 is 29.2 Å². The van der Waals surface area contributed by atoms with Gasteiger partial charge in [-0.15, -0.1) is 0 Å². The van der Waals surface area contributed by atoms with E-state index in [-0.39, 0.29) is 12.5 Å². The molecular weight excluding hydrogens is 336 g/mol. The maximum Gasteiger partial charge on any atom is 0.338 e. The predicted molar refractivity (Wildman–Crippen MR) is 96.6 cm³/mol. The number of carbonyl (C=O) groups excluding carboxylic acids is 3. The van der Waals surface area contributed by atoms with E-state index in [9.17, 15) is 14.4 Å². The van der Waals surface area contributed by atoms with Crippen molar-refractivity contribution in [2.75, 3.05) is 10.6 Å². The molecule has 26 heavy (non-hydrogen) atoms. The van der Waals surface area contributed by atoms with Gasteiger partial charge in [0.25, 0.3) is 5.91 Å². The first-order chi connectivity index (χ1) is 12.4. The van der Waals surface area contributed by atoms with Gasteiger partial charge in [0.05, 0.1) is 12.2 Å². The van der Waals surface area contributed by atoms with Crippen LogP contribution in [0.2, 0.25) is 0 Å². The summed E-state index contributed by atoms with van der Waals surface area (Å²) in [6, 6.07) is 12.8. The van der Waals surface area contributed by atoms with Crippen LogP contribution in [0.15, 0.2) is 48.5 Å². The molecule has 1 atom stereocenters. The lowest BCUT2D eigenvalue weighted by atomic mass is 10.1. The van der Waals surface area contributed by atoms with E-state index in [1.54, 1.807) is 36.4 Å². The number of rotatable bonds is 6. The molecule has 0 saturated carbocycles. The summed E-state index contributed by atoms with van der Waals surface area (Å²) in [5, 5.41) is 14.3. The third-order valence-electron chi connectivity index (χ3n) is 3.50. The summed E-state index contributed by atoms with van der Waals surface area (Å²) < 4.78 is 5.15. The fraction of sp³-hybridized carbons (Fsp3) is 0.211. The molecule has 136 valence electrons. The van der Waals surface area contributed by atoms with Gasteiger partial charge in [-0.1, -0.05) is 12.1 Å². The second-order valence-electron chi connectivity index (χ2n) is 5.65. The van der Waals surface area contributed by atoms with Crippen LogP contribution in [0.4, 0.5) is 11.4 Å². The highest BCUT2D eigenvalue weighted by Crippen LogP contribution is 2.14. The van der Waals surface area contributed by atoms with Crippen LogP contribution in [0.3, 0.4) is 0 Å². The topological polar surface area (TPSA) is 105 Å². The first-order valence-corrected chi connectivity index (χ1v) is 7.98. The van der Waals surface area contributed by atoms with Crippen LogP contribution in [0.25, 0.3) is 0 Å². The average Bonchev–Trinajstić information content (AvgIpc) is 2.62. The molecule has 0 heterocycles. The Morgan fingerprint density at radius 3 is 2.00 bits per heavy atom. The zero-order valence-corrected chi connectivity index (χ0v) is 14.5. The molecule has 0 aliphatic heterocycles. The Labute approximate surface area is 151 Å². The normalized spacial score (nSPS) is 11.3. The van der Waals surface area contributed by atoms with Crippen LogP contribution in [-0.4, -0.2) is 29.0 Å². The van der Waals surface area contributed by atoms with Gasteiger partial charge in [0, 0.05) is 18.3 Å². The molecule has 2 aromatic carbocycles. The van der Waals surface area contributed by atoms with Gasteiger partial charge in [0.2, 0.25) is 5.91 Å². The maximum absolute atomic E-state index is 12.2. The molecular formula is C19H20N2O5. The van der Waals surface area contributed by atoms with Crippen molar-refractivity contribution in [1.29, 1.82) is 0 Å². The third kappa shape index (κ3) is 5.42. The highest BCUT2D eigenvalue weighted by atomic mass is 16.5. The lowest BCUT2D eigenvalue weighted by Gasteiger charge is -2.14. The smallest absolute Gasteiger partial charge is 0.338 e. The van der Waals surface area contributed by atoms with Gasteiger partial charge in [-0.3, -0.25) is 9.59 Å². The molecule has 0 bridgehead atoms. The number of aliphatic hydroxyl groups excluding tert-OH is 1. The predicted octanol–water partition coefficient (Wildman–Crippen LogP) is 2.32. The lowest BCUT2D eigenvalue weighted by molar-refractivity contribution is -0.123. The van der Waals surface area contributed by atoms with Crippen molar-refractivity contribution in [3.8, 4) is 0 Å². The van der Waals surface area contributed by atoms with E-state index in [4.69, 9.17) is 9.84 Å². The molecule has 0 fully saturated rings. The van der Waals surface area contributed by atoms with Gasteiger partial charge >= 0.3 is 5.97 Å². The first-order valence-electron chi connectivity index (χ1n) is 7.98. The van der Waals surface area contributed by atoms with Crippen LogP contribution in [0, 0.1) is 0 Å². The van der Waals surface area contributed by atoms with Crippen LogP contribution >= 0.6 is 0 Å². The summed E-state index contributed by atoms with van der Waals surface area (Å²) in [5.74, 6) is -1.29. The Bertz CT molecular complexity index is 785. The van der Waals surface area contributed by atoms with Crippen molar-refractivity contribution in [1.82, 2.24) is 0 Å². The van der Waals surface area contributed by atoms with E-state index in [1.165, 1.54) is 26.0 Å². The lowest BCUT2D eigenvalue weighted by Crippen LogP contribution is -2.30. The fourth-order valence-electron chi connectivity index (χ4n) is 2.11. The molecule has 3 N–H and O–H groups in total. The van der Waals surface area contributed by atoms with Gasteiger partial charge < -0.3 is 20.5 Å². The Balaban J connectivity index is 1.91. The molecule has 0 spiro atoms. The summed E-state index contributed by atoms with van der Waals surface area (Å²) in [6.45, 7) is 2.76. The molecule has 2 amide bonds. The van der Waals surface area contributed by atoms with Crippen molar-refractivity contribution in [3.63, 3.8) is 0 Å². The van der Waals surface area contributed by atoms with Gasteiger partial charge in [-0.2, -0.15) is 0 Å². The standard InChI is InChI=1S/C19H20N2O5/c1-12(26-19(25)15-5-3-14(11-22)4-6-15)18(24)21-17-9-7-16(8-10-17)20-13(2)23/h3-10,12,22H,11H2,1-2H3,(H,20,23)(H,21,24)/t12-/m0/s1. The number of esters is 1. The molecule has 7 nitrogen and oxygen atoms in total. The third-order valence-corrected chi connectivity index (χ3v) is 3.50. The van der Waals surface area contributed by atoms with Gasteiger partial charge in [0.15, 0.2) is 6.10 Å². The monoisotopic (exact) mass is 356 g/mol. The first kappa shape index (κ1) is 19.1. The zero-order valence-electron chi connectivity index (χ0n) is 14.5. The van der Waals surface area contributed by atoms with Crippen molar-refractivity contribution in [3.05, 3.63) is 59.7 Å². The number of hydrogen-bond acceptors (Lipinski definition) is 5. The molecule has 0 aromatic heterocycles. The molecule has 0 saturated heterocycles. The van der Waals surface area contributed by atoms with Crippen molar-refractivity contribution in [2.24, 2.45) is 0 Å². The minimum atomic E-state index is -0.991. The molecule has 7 heteroatoms. The van der Waals surface area contributed by atoms with Gasteiger partial charge in [-0.25, -0.2) is 4.79 Å². The zero-order chi connectivity index (χ0) is 19.1. The van der Waals surface area contributed by atoms with E-state index < -0.39 is 18.0 Å². The van der Waals surface area contributed by atoms with Gasteiger partial charge in [0.1, 0.15) is 0 Å². The molecule has 0 unspecified atom stereocenters. The molecule has 0 radical (unpaired) electrons. The number of nitrogens with one attached hydrogen (secondary N) is 2. The maximum atomic E-state index is 12.2. The number of amides is 2. The van der Waals surface area contributed by atoms with E-state index in [2.05, 4.69) is 10.6 Å². The number of anilines is 2. The van der Waals surface area contributed by atoms with Crippen molar-refractivity contribution in [2.45, 2.75) is 26.6 Å². The van der Waals surface area contributed by atoms with Crippen LogP contribution in [0.1, 0.15) is 29.8 Å². The Morgan fingerprint density at radius 1 is 0.962 bits per heavy atom. The van der Waals surface area contributed by atoms with E-state index in [1.807, 2.05) is 0 Å². The van der Waals surface area contributed by atoms with E-state index in [0.717, 1.165) is 0 Å². The minimum Gasteiger partial charge on any atom is -0.449 e. The summed E-state index contributed by atoms with van der Waals surface area (Å²) in [4.78, 5) is 35.2. The summed E-state index contributed by atoms with van der Waals surface area (Å²) >= 11 is 0. The second kappa shape index (κ2) is 8.77. The number of carbonyl (C=O) groups is 3. The van der Waals surface area contributed by atoms with Crippen LogP contribution in [-0.2, 0) is 20.9 Å². The highest BCUT2D eigenvalue weighted by molar-refractivity contribution is 5.97. The number of ether oxygens (including phenoxy) is 1. The number of aliphatic hydroxyl groups is 1. The Kier molecular flexibility index (Phi) is 6.46. The summed E-state index contributed by atoms with van der Waals surface area (Å²) in [7, 11) is 0. The minimum absolute atomic E-state index is 0.116. The van der Waals surface area contributed by atoms with E-state index in [0.29, 0.717) is 22.5 Å². The van der Waals surface area contributed by atoms with Crippen molar-refractivity contribution < 1.29 is 24.2 Å². The average molecular weight is 356 g/mol. The summed E-state index contributed by atoms with van der Waals surface area (Å²) in [5.41, 5.74) is 2.09. The SMILES string of the molecule is CC(=O)Nc1ccc(NC(=O)[C@H](C)OC(=O)c2ccc(CO)cc2)cc1. The number of hydrogen-bond donors (Lipinski definition) is 3. The molecule has 0 aliphatic carbocycles. The fourth-order valence-corrected chi connectivity index (χ4v) is 2.11. The molecule has 0 aliphatic rings. The van der Waals surface area contributed by atoms with Gasteiger partial charge in [-0.05, 0) is 48.9 Å². The quantitative estimate of drug-likeness (QED) is 0.689. The van der Waals surface area contributed by atoms with E-state index >= 15 is 0 Å². The van der Waals surface area contributed by atoms with Crippen LogP contribution < -0.4 is 10.6 Å². The second-order valence-corrected chi connectivity index (χ2v) is 5.65. The highest BCUT2D eigenvalue weighted by Gasteiger charge is 2.19.